The molecule has 0 amide bonds. The Labute approximate surface area is 160 Å². The van der Waals surface area contributed by atoms with E-state index in [2.05, 4.69) is 14.7 Å². The Hall–Kier alpha value is -2.32. The second-order valence-electron chi connectivity index (χ2n) is 6.49. The fraction of sp³-hybridized carbons (Fsp3) is 0.389. The zero-order valence-corrected chi connectivity index (χ0v) is 15.3. The van der Waals surface area contributed by atoms with Crippen LogP contribution in [0.3, 0.4) is 0 Å². The Balaban J connectivity index is 1.73. The molecule has 27 heavy (non-hydrogen) atoms. The van der Waals surface area contributed by atoms with Crippen molar-refractivity contribution in [2.45, 2.75) is 31.6 Å². The third-order valence-electron chi connectivity index (χ3n) is 4.22. The third kappa shape index (κ3) is 5.11. The van der Waals surface area contributed by atoms with Gasteiger partial charge < -0.3 is 9.47 Å². The van der Waals surface area contributed by atoms with Crippen LogP contribution in [0.2, 0.25) is 5.02 Å². The van der Waals surface area contributed by atoms with Gasteiger partial charge in [-0.2, -0.15) is 8.78 Å². The number of nitrogens with zero attached hydrogens (tertiary/aromatic N) is 3. The first-order chi connectivity index (χ1) is 12.9. The van der Waals surface area contributed by atoms with Crippen LogP contribution in [0.4, 0.5) is 8.78 Å². The van der Waals surface area contributed by atoms with Crippen LogP contribution >= 0.6 is 11.6 Å². The third-order valence-corrected chi connectivity index (χ3v) is 4.54. The lowest BCUT2D eigenvalue weighted by Crippen LogP contribution is -2.32. The quantitative estimate of drug-likeness (QED) is 0.603. The average molecular weight is 398 g/mol. The van der Waals surface area contributed by atoms with Crippen molar-refractivity contribution in [1.82, 2.24) is 14.9 Å². The average Bonchev–Trinajstić information content (AvgIpc) is 3.36. The van der Waals surface area contributed by atoms with Crippen LogP contribution in [0.15, 0.2) is 30.6 Å². The fourth-order valence-electron chi connectivity index (χ4n) is 2.85. The van der Waals surface area contributed by atoms with Gasteiger partial charge >= 0.3 is 6.61 Å². The molecule has 0 spiro atoms. The van der Waals surface area contributed by atoms with E-state index in [1.54, 1.807) is 12.3 Å². The van der Waals surface area contributed by atoms with Crippen molar-refractivity contribution in [3.63, 3.8) is 0 Å². The second-order valence-corrected chi connectivity index (χ2v) is 6.90. The first-order valence-electron chi connectivity index (χ1n) is 8.26. The van der Waals surface area contributed by atoms with Crippen molar-refractivity contribution < 1.29 is 23.0 Å². The highest BCUT2D eigenvalue weighted by atomic mass is 35.5. The topological polar surface area (TPSA) is 64.6 Å². The van der Waals surface area contributed by atoms with Crippen molar-refractivity contribution in [3.8, 4) is 17.0 Å². The molecule has 0 bridgehead atoms. The summed E-state index contributed by atoms with van der Waals surface area (Å²) in [5.41, 5.74) is 1.39. The van der Waals surface area contributed by atoms with E-state index < -0.39 is 6.61 Å². The zero-order chi connectivity index (χ0) is 19.4. The standard InChI is InChI=1S/C18H18ClF2N3O3/c1-24(10-18(4-5-18)26-11-25)9-13-7-22-8-15(23-13)12-2-3-14(19)16(6-12)27-17(20)21/h2-3,6-8,11,17H,4-5,9-10H2,1H3. The van der Waals surface area contributed by atoms with E-state index in [0.717, 1.165) is 12.8 Å². The smallest absolute Gasteiger partial charge is 0.387 e. The summed E-state index contributed by atoms with van der Waals surface area (Å²) in [6, 6.07) is 4.54. The molecule has 1 heterocycles. The van der Waals surface area contributed by atoms with Crippen LogP contribution in [-0.2, 0) is 16.1 Å². The number of halogens is 3. The number of rotatable bonds is 9. The van der Waals surface area contributed by atoms with Crippen molar-refractivity contribution in [2.24, 2.45) is 0 Å². The lowest BCUT2D eigenvalue weighted by molar-refractivity contribution is -0.136. The van der Waals surface area contributed by atoms with Gasteiger partial charge in [0.15, 0.2) is 0 Å². The number of benzene rings is 1. The van der Waals surface area contributed by atoms with E-state index in [0.29, 0.717) is 36.5 Å². The van der Waals surface area contributed by atoms with Gasteiger partial charge in [0.2, 0.25) is 0 Å². The molecule has 1 aliphatic carbocycles. The van der Waals surface area contributed by atoms with Crippen molar-refractivity contribution in [1.29, 1.82) is 0 Å². The number of aromatic nitrogens is 2. The van der Waals surface area contributed by atoms with E-state index in [4.69, 9.17) is 16.3 Å². The summed E-state index contributed by atoms with van der Waals surface area (Å²) in [7, 11) is 1.90. The van der Waals surface area contributed by atoms with Gasteiger partial charge in [0.05, 0.1) is 22.6 Å². The van der Waals surface area contributed by atoms with Crippen LogP contribution in [0.1, 0.15) is 18.5 Å². The molecule has 3 rings (SSSR count). The van der Waals surface area contributed by atoms with Gasteiger partial charge in [-0.05, 0) is 32.0 Å². The van der Waals surface area contributed by atoms with Crippen molar-refractivity contribution in [3.05, 3.63) is 41.3 Å². The van der Waals surface area contributed by atoms with Crippen LogP contribution in [0, 0.1) is 0 Å². The lowest BCUT2D eigenvalue weighted by Gasteiger charge is -2.22. The molecule has 0 N–H and O–H groups in total. The number of ether oxygens (including phenoxy) is 2. The first-order valence-corrected chi connectivity index (χ1v) is 8.64. The molecule has 2 aromatic rings. The van der Waals surface area contributed by atoms with Crippen LogP contribution in [0.5, 0.6) is 5.75 Å². The zero-order valence-electron chi connectivity index (χ0n) is 14.6. The Morgan fingerprint density at radius 3 is 2.81 bits per heavy atom. The maximum Gasteiger partial charge on any atom is 0.387 e. The molecule has 0 atom stereocenters. The maximum absolute atomic E-state index is 12.5. The highest BCUT2D eigenvalue weighted by Gasteiger charge is 2.46. The fourth-order valence-corrected chi connectivity index (χ4v) is 3.01. The molecular weight excluding hydrogens is 380 g/mol. The highest BCUT2D eigenvalue weighted by Crippen LogP contribution is 2.39. The summed E-state index contributed by atoms with van der Waals surface area (Å²) in [5.74, 6) is -0.116. The lowest BCUT2D eigenvalue weighted by atomic mass is 10.1. The molecule has 1 saturated carbocycles. The van der Waals surface area contributed by atoms with Gasteiger partial charge in [0, 0.05) is 24.8 Å². The molecule has 6 nitrogen and oxygen atoms in total. The van der Waals surface area contributed by atoms with E-state index in [1.165, 1.54) is 18.3 Å². The SMILES string of the molecule is CN(Cc1cncc(-c2ccc(Cl)c(OC(F)F)c2)n1)CC1(OC=O)CC1. The Kier molecular flexibility index (Phi) is 5.86. The summed E-state index contributed by atoms with van der Waals surface area (Å²) < 4.78 is 34.6. The predicted octanol–water partition coefficient (Wildman–Crippen LogP) is 3.54. The van der Waals surface area contributed by atoms with E-state index >= 15 is 0 Å². The van der Waals surface area contributed by atoms with Gasteiger partial charge in [0.25, 0.3) is 6.47 Å². The maximum atomic E-state index is 12.5. The van der Waals surface area contributed by atoms with Crippen LogP contribution in [0.25, 0.3) is 11.3 Å². The van der Waals surface area contributed by atoms with Crippen LogP contribution < -0.4 is 4.74 Å². The van der Waals surface area contributed by atoms with Gasteiger partial charge in [-0.25, -0.2) is 4.98 Å². The molecular formula is C18H18ClF2N3O3. The van der Waals surface area contributed by atoms with Crippen LogP contribution in [-0.4, -0.2) is 47.1 Å². The largest absolute Gasteiger partial charge is 0.460 e. The van der Waals surface area contributed by atoms with Gasteiger partial charge in [-0.15, -0.1) is 0 Å². The molecule has 9 heteroatoms. The molecule has 1 aromatic carbocycles. The first kappa shape index (κ1) is 19.4. The predicted molar refractivity (Wildman–Crippen MR) is 94.6 cm³/mol. The normalized spacial score (nSPS) is 15.0. The minimum Gasteiger partial charge on any atom is -0.460 e. The molecule has 0 aliphatic heterocycles. The minimum atomic E-state index is -2.97. The monoisotopic (exact) mass is 397 g/mol. The number of likely N-dealkylation sites (N-methyl/N-ethyl adjacent to an activating group) is 1. The van der Waals surface area contributed by atoms with Gasteiger partial charge in [-0.3, -0.25) is 14.7 Å². The van der Waals surface area contributed by atoms with Crippen molar-refractivity contribution >= 4 is 18.1 Å². The molecule has 1 aliphatic rings. The molecule has 1 fully saturated rings. The Morgan fingerprint density at radius 1 is 1.37 bits per heavy atom. The van der Waals surface area contributed by atoms with E-state index in [-0.39, 0.29) is 16.4 Å². The Bertz CT molecular complexity index is 818. The molecule has 0 radical (unpaired) electrons. The van der Waals surface area contributed by atoms with Gasteiger partial charge in [0.1, 0.15) is 11.4 Å². The van der Waals surface area contributed by atoms with E-state index in [9.17, 15) is 13.6 Å². The summed E-state index contributed by atoms with van der Waals surface area (Å²) in [4.78, 5) is 21.3. The number of hydrogen-bond acceptors (Lipinski definition) is 6. The highest BCUT2D eigenvalue weighted by molar-refractivity contribution is 6.32. The molecule has 1 aromatic heterocycles. The molecule has 144 valence electrons. The molecule has 0 unspecified atom stereocenters. The number of hydrogen-bond donors (Lipinski definition) is 0. The summed E-state index contributed by atoms with van der Waals surface area (Å²) in [5, 5.41) is 0.0906. The summed E-state index contributed by atoms with van der Waals surface area (Å²) in [6.45, 7) is -1.38. The molecule has 0 saturated heterocycles. The number of carbonyl (C=O) groups is 1. The Morgan fingerprint density at radius 2 is 2.15 bits per heavy atom. The number of alkyl halides is 2. The summed E-state index contributed by atoms with van der Waals surface area (Å²) in [6.07, 6.45) is 4.86. The minimum absolute atomic E-state index is 0.0906. The van der Waals surface area contributed by atoms with Crippen molar-refractivity contribution in [2.75, 3.05) is 13.6 Å². The second kappa shape index (κ2) is 8.14. The van der Waals surface area contributed by atoms with E-state index in [1.807, 2.05) is 11.9 Å². The van der Waals surface area contributed by atoms with Gasteiger partial charge in [-0.1, -0.05) is 17.7 Å². The summed E-state index contributed by atoms with van der Waals surface area (Å²) >= 11 is 5.88. The number of carbonyl (C=O) groups excluding carboxylic acids is 1.